The minimum atomic E-state index is -3.56. The summed E-state index contributed by atoms with van der Waals surface area (Å²) in [5.41, 5.74) is -0.251. The van der Waals surface area contributed by atoms with Gasteiger partial charge in [0.25, 0.3) is 0 Å². The van der Waals surface area contributed by atoms with Crippen LogP contribution in [0.1, 0.15) is 45.4 Å². The first-order valence-corrected chi connectivity index (χ1v) is 12.4. The number of halogens is 2. The highest BCUT2D eigenvalue weighted by Gasteiger charge is 2.60. The van der Waals surface area contributed by atoms with Gasteiger partial charge in [-0.3, -0.25) is 9.36 Å². The van der Waals surface area contributed by atoms with Crippen LogP contribution in [0.2, 0.25) is 0 Å². The van der Waals surface area contributed by atoms with E-state index >= 15 is 0 Å². The summed E-state index contributed by atoms with van der Waals surface area (Å²) in [6.45, 7) is 2.19. The second-order valence-corrected chi connectivity index (χ2v) is 12.5. The number of ketones is 1. The predicted octanol–water partition coefficient (Wildman–Crippen LogP) is 4.99. The van der Waals surface area contributed by atoms with Crippen molar-refractivity contribution >= 4 is 34.3 Å². The van der Waals surface area contributed by atoms with E-state index in [0.29, 0.717) is 11.8 Å². The number of fused-ring (bicyclic) bond motifs is 5. The van der Waals surface area contributed by atoms with Gasteiger partial charge in [-0.1, -0.05) is 6.92 Å². The van der Waals surface area contributed by atoms with Gasteiger partial charge in [-0.25, -0.2) is 0 Å². The maximum atomic E-state index is 11.8. The molecule has 4 unspecified atom stereocenters. The van der Waals surface area contributed by atoms with Crippen molar-refractivity contribution in [2.75, 3.05) is 0 Å². The molecule has 0 aromatic rings. The highest BCUT2D eigenvalue weighted by atomic mass is 35.9. The van der Waals surface area contributed by atoms with Gasteiger partial charge < -0.3 is 9.63 Å². The molecule has 0 spiro atoms. The van der Waals surface area contributed by atoms with E-state index in [1.165, 1.54) is 6.08 Å². The highest BCUT2D eigenvalue weighted by Crippen LogP contribution is 2.67. The van der Waals surface area contributed by atoms with Crippen molar-refractivity contribution in [3.8, 4) is 0 Å². The summed E-state index contributed by atoms with van der Waals surface area (Å²) < 4.78 is 17.3. The van der Waals surface area contributed by atoms with E-state index in [1.807, 2.05) is 0 Å². The smallest absolute Gasteiger partial charge is 0.380 e. The number of carbonyl (C=O) groups is 1. The van der Waals surface area contributed by atoms with Crippen molar-refractivity contribution in [2.24, 2.45) is 23.2 Å². The van der Waals surface area contributed by atoms with E-state index < -0.39 is 11.7 Å². The van der Waals surface area contributed by atoms with E-state index in [9.17, 15) is 14.5 Å². The van der Waals surface area contributed by atoms with Crippen LogP contribution in [0.25, 0.3) is 0 Å². The van der Waals surface area contributed by atoms with Crippen molar-refractivity contribution in [2.45, 2.75) is 57.2 Å². The molecular formula is C18H23Cl2O4P. The van der Waals surface area contributed by atoms with Gasteiger partial charge in [-0.15, -0.1) is 0 Å². The molecule has 4 aliphatic carbocycles. The minimum Gasteiger partial charge on any atom is -0.381 e. The number of carbonyl (C=O) groups excluding carboxylic acids is 1. The van der Waals surface area contributed by atoms with Crippen LogP contribution in [0, 0.1) is 23.2 Å². The maximum Gasteiger partial charge on any atom is 0.380 e. The zero-order chi connectivity index (χ0) is 18.0. The summed E-state index contributed by atoms with van der Waals surface area (Å²) in [6.07, 6.45) is 6.24. The molecule has 7 heteroatoms. The summed E-state index contributed by atoms with van der Waals surface area (Å²) in [4.78, 5) is 11.7. The van der Waals surface area contributed by atoms with Crippen LogP contribution >= 0.6 is 28.6 Å². The molecule has 0 bridgehead atoms. The molecule has 0 saturated heterocycles. The van der Waals surface area contributed by atoms with Crippen molar-refractivity contribution in [1.29, 1.82) is 0 Å². The number of rotatable bonds is 2. The zero-order valence-electron chi connectivity index (χ0n) is 14.2. The first-order valence-electron chi connectivity index (χ1n) is 8.98. The Morgan fingerprint density at radius 2 is 2.00 bits per heavy atom. The Balaban J connectivity index is 1.62. The SMILES string of the molecule is C[C@]12CCC3C(CCC4=CC(=O)C=C[C@@]43O)C1CCC2OP(=O)(Cl)Cl. The van der Waals surface area contributed by atoms with Crippen molar-refractivity contribution in [3.63, 3.8) is 0 Å². The van der Waals surface area contributed by atoms with E-state index in [0.717, 1.165) is 44.1 Å². The molecule has 0 aliphatic heterocycles. The first-order chi connectivity index (χ1) is 11.6. The molecule has 138 valence electrons. The summed E-state index contributed by atoms with van der Waals surface area (Å²) in [5, 5.41) is 11.3. The zero-order valence-corrected chi connectivity index (χ0v) is 16.6. The molecule has 0 aromatic carbocycles. The normalized spacial score (nSPS) is 46.2. The first kappa shape index (κ1) is 18.3. The van der Waals surface area contributed by atoms with Gasteiger partial charge in [0.15, 0.2) is 5.78 Å². The van der Waals surface area contributed by atoms with Gasteiger partial charge in [-0.2, -0.15) is 0 Å². The second-order valence-electron chi connectivity index (χ2n) is 8.28. The molecule has 6 atom stereocenters. The van der Waals surface area contributed by atoms with Crippen molar-refractivity contribution in [3.05, 3.63) is 23.8 Å². The third kappa shape index (κ3) is 2.89. The average molecular weight is 405 g/mol. The number of hydrogen-bond donors (Lipinski definition) is 1. The molecule has 0 aromatic heterocycles. The standard InChI is InChI=1S/C18H23Cl2O4P/c1-17-8-7-15-13(14(17)4-5-16(17)24-25(19,20)23)3-2-11-10-12(21)6-9-18(11,15)22/h6,9-10,13-16,22H,2-5,7-8H2,1H3/t13?,14?,15?,16?,17-,18+/m0/s1. The molecule has 1 N–H and O–H groups in total. The summed E-state index contributed by atoms with van der Waals surface area (Å²) in [6, 6.07) is 0. The Bertz CT molecular complexity index is 714. The third-order valence-electron chi connectivity index (χ3n) is 7.24. The minimum absolute atomic E-state index is 0.0342. The summed E-state index contributed by atoms with van der Waals surface area (Å²) in [7, 11) is 0. The van der Waals surface area contributed by atoms with Gasteiger partial charge >= 0.3 is 6.07 Å². The highest BCUT2D eigenvalue weighted by molar-refractivity contribution is 8.05. The van der Waals surface area contributed by atoms with Crippen molar-refractivity contribution < 1.29 is 19.0 Å². The molecule has 0 amide bonds. The third-order valence-corrected chi connectivity index (χ3v) is 8.22. The molecule has 0 radical (unpaired) electrons. The quantitative estimate of drug-likeness (QED) is 0.658. The van der Waals surface area contributed by atoms with Crippen LogP contribution in [0.15, 0.2) is 23.8 Å². The van der Waals surface area contributed by atoms with Gasteiger partial charge in [0.2, 0.25) is 0 Å². The number of aliphatic hydroxyl groups is 1. The van der Waals surface area contributed by atoms with E-state index in [1.54, 1.807) is 12.2 Å². The average Bonchev–Trinajstić information content (AvgIpc) is 2.83. The lowest BCUT2D eigenvalue weighted by Crippen LogP contribution is -2.54. The van der Waals surface area contributed by atoms with Crippen LogP contribution in [0.3, 0.4) is 0 Å². The lowest BCUT2D eigenvalue weighted by molar-refractivity contribution is -0.112. The fraction of sp³-hybridized carbons (Fsp3) is 0.722. The molecule has 0 heterocycles. The Hall–Kier alpha value is -0.120. The van der Waals surface area contributed by atoms with Gasteiger partial charge in [0, 0.05) is 0 Å². The Kier molecular flexibility index (Phi) is 4.34. The maximum absolute atomic E-state index is 11.8. The largest absolute Gasteiger partial charge is 0.381 e. The van der Waals surface area contributed by atoms with E-state index in [4.69, 9.17) is 27.0 Å². The molecule has 25 heavy (non-hydrogen) atoms. The fourth-order valence-corrected chi connectivity index (χ4v) is 7.34. The molecule has 3 fully saturated rings. The summed E-state index contributed by atoms with van der Waals surface area (Å²) >= 11 is 11.4. The van der Waals surface area contributed by atoms with E-state index in [-0.39, 0.29) is 23.2 Å². The number of hydrogen-bond acceptors (Lipinski definition) is 4. The van der Waals surface area contributed by atoms with Gasteiger partial charge in [0.05, 0.1) is 6.10 Å². The van der Waals surface area contributed by atoms with Crippen LogP contribution in [-0.4, -0.2) is 22.6 Å². The number of allylic oxidation sites excluding steroid dienone is 2. The topological polar surface area (TPSA) is 63.6 Å². The Morgan fingerprint density at radius 3 is 2.72 bits per heavy atom. The van der Waals surface area contributed by atoms with Crippen LogP contribution < -0.4 is 0 Å². The van der Waals surface area contributed by atoms with Gasteiger partial charge in [-0.05, 0) is 108 Å². The lowest BCUT2D eigenvalue weighted by atomic mass is 9.51. The lowest BCUT2D eigenvalue weighted by Gasteiger charge is -2.55. The molecule has 4 nitrogen and oxygen atoms in total. The molecular weight excluding hydrogens is 382 g/mol. The molecule has 4 rings (SSSR count). The Morgan fingerprint density at radius 1 is 1.24 bits per heavy atom. The van der Waals surface area contributed by atoms with Gasteiger partial charge in [0.1, 0.15) is 5.60 Å². The molecule has 4 aliphatic rings. The second kappa shape index (κ2) is 5.94. The summed E-state index contributed by atoms with van der Waals surface area (Å²) in [5.74, 6) is 0.825. The van der Waals surface area contributed by atoms with Crippen LogP contribution in [0.4, 0.5) is 0 Å². The van der Waals surface area contributed by atoms with E-state index in [2.05, 4.69) is 6.92 Å². The monoisotopic (exact) mass is 404 g/mol. The fourth-order valence-electron chi connectivity index (χ4n) is 6.12. The predicted molar refractivity (Wildman–Crippen MR) is 97.6 cm³/mol. The van der Waals surface area contributed by atoms with Crippen molar-refractivity contribution in [1.82, 2.24) is 0 Å². The van der Waals surface area contributed by atoms with Crippen LogP contribution in [-0.2, 0) is 13.9 Å². The Labute approximate surface area is 157 Å². The van der Waals surface area contributed by atoms with Crippen LogP contribution in [0.5, 0.6) is 0 Å². The molecule has 3 saturated carbocycles.